The Labute approximate surface area is 147 Å². The van der Waals surface area contributed by atoms with E-state index in [2.05, 4.69) is 10.5 Å². The van der Waals surface area contributed by atoms with Crippen LogP contribution in [0, 0.1) is 0 Å². The summed E-state index contributed by atoms with van der Waals surface area (Å²) in [5.74, 6) is 0. The SMILES string of the molecule is Clc1ccc(/C=C/C(=N/Nc2ccccc2)c2ccccc2)cc1. The van der Waals surface area contributed by atoms with Gasteiger partial charge in [-0.3, -0.25) is 5.43 Å². The third-order valence-corrected chi connectivity index (χ3v) is 3.70. The molecule has 0 aromatic heterocycles. The highest BCUT2D eigenvalue weighted by atomic mass is 35.5. The molecule has 3 heteroatoms. The molecule has 24 heavy (non-hydrogen) atoms. The fourth-order valence-corrected chi connectivity index (χ4v) is 2.32. The zero-order valence-corrected chi connectivity index (χ0v) is 13.8. The van der Waals surface area contributed by atoms with E-state index >= 15 is 0 Å². The number of hydrazone groups is 1. The Balaban J connectivity index is 1.86. The topological polar surface area (TPSA) is 24.4 Å². The number of rotatable bonds is 5. The number of hydrogen-bond donors (Lipinski definition) is 1. The van der Waals surface area contributed by atoms with Crippen LogP contribution in [-0.2, 0) is 0 Å². The lowest BCUT2D eigenvalue weighted by Crippen LogP contribution is -2.01. The van der Waals surface area contributed by atoms with Crippen LogP contribution in [0.1, 0.15) is 11.1 Å². The van der Waals surface area contributed by atoms with Gasteiger partial charge in [0.15, 0.2) is 0 Å². The summed E-state index contributed by atoms with van der Waals surface area (Å²) in [6.07, 6.45) is 4.02. The molecule has 0 atom stereocenters. The maximum absolute atomic E-state index is 5.93. The molecule has 0 aliphatic rings. The molecule has 3 rings (SSSR count). The predicted octanol–water partition coefficient (Wildman–Crippen LogP) is 5.87. The van der Waals surface area contributed by atoms with E-state index in [-0.39, 0.29) is 0 Å². The van der Waals surface area contributed by atoms with E-state index in [1.807, 2.05) is 97.1 Å². The lowest BCUT2D eigenvalue weighted by molar-refractivity contribution is 1.33. The van der Waals surface area contributed by atoms with Gasteiger partial charge in [-0.1, -0.05) is 78.3 Å². The van der Waals surface area contributed by atoms with Crippen LogP contribution >= 0.6 is 11.6 Å². The zero-order valence-electron chi connectivity index (χ0n) is 13.1. The Kier molecular flexibility index (Phi) is 5.44. The number of anilines is 1. The Morgan fingerprint density at radius 3 is 2.08 bits per heavy atom. The number of nitrogens with one attached hydrogen (secondary N) is 1. The number of halogens is 1. The van der Waals surface area contributed by atoms with Gasteiger partial charge >= 0.3 is 0 Å². The van der Waals surface area contributed by atoms with Crippen LogP contribution in [0.25, 0.3) is 6.08 Å². The molecule has 0 unspecified atom stereocenters. The fourth-order valence-electron chi connectivity index (χ4n) is 2.19. The third-order valence-electron chi connectivity index (χ3n) is 3.45. The summed E-state index contributed by atoms with van der Waals surface area (Å²) >= 11 is 5.93. The molecule has 0 amide bonds. The smallest absolute Gasteiger partial charge is 0.0905 e. The first kappa shape index (κ1) is 16.0. The van der Waals surface area contributed by atoms with Crippen molar-refractivity contribution in [1.29, 1.82) is 0 Å². The zero-order chi connectivity index (χ0) is 16.6. The minimum absolute atomic E-state index is 0.731. The minimum Gasteiger partial charge on any atom is -0.278 e. The fraction of sp³-hybridized carbons (Fsp3) is 0. The summed E-state index contributed by atoms with van der Waals surface area (Å²) in [7, 11) is 0. The van der Waals surface area contributed by atoms with Crippen LogP contribution in [0.4, 0.5) is 5.69 Å². The van der Waals surface area contributed by atoms with Crippen molar-refractivity contribution < 1.29 is 0 Å². The molecule has 0 aliphatic carbocycles. The Morgan fingerprint density at radius 2 is 1.42 bits per heavy atom. The van der Waals surface area contributed by atoms with Crippen LogP contribution in [0.3, 0.4) is 0 Å². The molecule has 0 fully saturated rings. The standard InChI is InChI=1S/C21H17ClN2/c22-19-14-11-17(12-15-19)13-16-21(18-7-3-1-4-8-18)24-23-20-9-5-2-6-10-20/h1-16,23H/b16-13+,24-21-. The van der Waals surface area contributed by atoms with E-state index in [4.69, 9.17) is 11.6 Å². The normalized spacial score (nSPS) is 11.6. The quantitative estimate of drug-likeness (QED) is 0.458. The molecular formula is C21H17ClN2. The summed E-state index contributed by atoms with van der Waals surface area (Å²) in [5, 5.41) is 5.28. The van der Waals surface area contributed by atoms with Crippen molar-refractivity contribution in [2.75, 3.05) is 5.43 Å². The molecule has 0 spiro atoms. The summed E-state index contributed by atoms with van der Waals surface area (Å²) in [6.45, 7) is 0. The molecule has 0 saturated carbocycles. The van der Waals surface area contributed by atoms with Crippen LogP contribution in [-0.4, -0.2) is 5.71 Å². The Hall–Kier alpha value is -2.84. The molecular weight excluding hydrogens is 316 g/mol. The van der Waals surface area contributed by atoms with Gasteiger partial charge in [0.25, 0.3) is 0 Å². The minimum atomic E-state index is 0.731. The van der Waals surface area contributed by atoms with Crippen molar-refractivity contribution in [2.45, 2.75) is 0 Å². The molecule has 1 N–H and O–H groups in total. The van der Waals surface area contributed by atoms with Crippen LogP contribution in [0.15, 0.2) is 96.1 Å². The summed E-state index contributed by atoms with van der Waals surface area (Å²) < 4.78 is 0. The Bertz CT molecular complexity index is 823. The highest BCUT2D eigenvalue weighted by Gasteiger charge is 1.99. The van der Waals surface area contributed by atoms with Crippen molar-refractivity contribution in [2.24, 2.45) is 5.10 Å². The van der Waals surface area contributed by atoms with Crippen molar-refractivity contribution in [3.63, 3.8) is 0 Å². The number of benzene rings is 3. The third kappa shape index (κ3) is 4.58. The average molecular weight is 333 g/mol. The van der Waals surface area contributed by atoms with Gasteiger partial charge < -0.3 is 0 Å². The summed E-state index contributed by atoms with van der Waals surface area (Å²) in [5.41, 5.74) is 7.03. The molecule has 0 aliphatic heterocycles. The summed E-state index contributed by atoms with van der Waals surface area (Å²) in [4.78, 5) is 0. The van der Waals surface area contributed by atoms with Gasteiger partial charge in [0.05, 0.1) is 11.4 Å². The number of nitrogens with zero attached hydrogens (tertiary/aromatic N) is 1. The molecule has 2 nitrogen and oxygen atoms in total. The monoisotopic (exact) mass is 332 g/mol. The molecule has 0 radical (unpaired) electrons. The number of allylic oxidation sites excluding steroid dienone is 1. The van der Waals surface area contributed by atoms with E-state index in [1.165, 1.54) is 0 Å². The second-order valence-corrected chi connectivity index (χ2v) is 5.66. The van der Waals surface area contributed by atoms with E-state index in [1.54, 1.807) is 0 Å². The summed E-state index contributed by atoms with van der Waals surface area (Å²) in [6, 6.07) is 27.7. The largest absolute Gasteiger partial charge is 0.278 e. The predicted molar refractivity (Wildman–Crippen MR) is 104 cm³/mol. The van der Waals surface area contributed by atoms with E-state index in [9.17, 15) is 0 Å². The first-order valence-corrected chi connectivity index (χ1v) is 8.07. The van der Waals surface area contributed by atoms with Crippen molar-refractivity contribution in [3.8, 4) is 0 Å². The van der Waals surface area contributed by atoms with Gasteiger partial charge in [-0.05, 0) is 35.9 Å². The first-order chi connectivity index (χ1) is 11.8. The molecule has 3 aromatic carbocycles. The van der Waals surface area contributed by atoms with Gasteiger partial charge in [-0.25, -0.2) is 0 Å². The van der Waals surface area contributed by atoms with Crippen molar-refractivity contribution in [1.82, 2.24) is 0 Å². The van der Waals surface area contributed by atoms with Crippen molar-refractivity contribution >= 4 is 29.1 Å². The molecule has 0 heterocycles. The molecule has 3 aromatic rings. The second kappa shape index (κ2) is 8.14. The highest BCUT2D eigenvalue weighted by molar-refractivity contribution is 6.30. The molecule has 0 bridgehead atoms. The van der Waals surface area contributed by atoms with Gasteiger partial charge in [0.2, 0.25) is 0 Å². The second-order valence-electron chi connectivity index (χ2n) is 5.23. The maximum Gasteiger partial charge on any atom is 0.0905 e. The van der Waals surface area contributed by atoms with Gasteiger partial charge in [0.1, 0.15) is 0 Å². The van der Waals surface area contributed by atoms with E-state index in [0.717, 1.165) is 27.5 Å². The lowest BCUT2D eigenvalue weighted by Gasteiger charge is -2.04. The number of hydrogen-bond acceptors (Lipinski definition) is 2. The van der Waals surface area contributed by atoms with Crippen LogP contribution in [0.2, 0.25) is 5.02 Å². The first-order valence-electron chi connectivity index (χ1n) is 7.69. The molecule has 118 valence electrons. The van der Waals surface area contributed by atoms with Crippen LogP contribution < -0.4 is 5.43 Å². The van der Waals surface area contributed by atoms with Gasteiger partial charge in [0, 0.05) is 10.6 Å². The average Bonchev–Trinajstić information content (AvgIpc) is 2.65. The van der Waals surface area contributed by atoms with E-state index < -0.39 is 0 Å². The van der Waals surface area contributed by atoms with Gasteiger partial charge in [-0.2, -0.15) is 5.10 Å². The van der Waals surface area contributed by atoms with E-state index in [0.29, 0.717) is 0 Å². The van der Waals surface area contributed by atoms with Crippen molar-refractivity contribution in [3.05, 3.63) is 107 Å². The maximum atomic E-state index is 5.93. The highest BCUT2D eigenvalue weighted by Crippen LogP contribution is 2.12. The van der Waals surface area contributed by atoms with Crippen LogP contribution in [0.5, 0.6) is 0 Å². The molecule has 0 saturated heterocycles. The van der Waals surface area contributed by atoms with Gasteiger partial charge in [-0.15, -0.1) is 0 Å². The lowest BCUT2D eigenvalue weighted by atomic mass is 10.1. The Morgan fingerprint density at radius 1 is 0.792 bits per heavy atom. The number of para-hydroxylation sites is 1.